The van der Waals surface area contributed by atoms with Crippen LogP contribution in [0, 0.1) is 0 Å². The van der Waals surface area contributed by atoms with E-state index in [9.17, 15) is 0 Å². The Labute approximate surface area is 130 Å². The van der Waals surface area contributed by atoms with Gasteiger partial charge in [-0.1, -0.05) is 6.07 Å². The van der Waals surface area contributed by atoms with Gasteiger partial charge in [0.05, 0.1) is 11.2 Å². The second-order valence-electron chi connectivity index (χ2n) is 5.75. The Balaban J connectivity index is 1.97. The maximum atomic E-state index is 5.90. The fourth-order valence-electron chi connectivity index (χ4n) is 2.38. The zero-order valence-corrected chi connectivity index (χ0v) is 13.3. The molecule has 1 heterocycles. The van der Waals surface area contributed by atoms with E-state index in [4.69, 9.17) is 10.5 Å². The van der Waals surface area contributed by atoms with E-state index in [2.05, 4.69) is 16.0 Å². The van der Waals surface area contributed by atoms with Crippen molar-refractivity contribution in [2.45, 2.75) is 32.8 Å². The van der Waals surface area contributed by atoms with E-state index in [1.54, 1.807) is 7.05 Å². The van der Waals surface area contributed by atoms with Gasteiger partial charge in [-0.25, -0.2) is 4.98 Å². The first-order valence-electron chi connectivity index (χ1n) is 7.56. The third kappa shape index (κ3) is 2.96. The lowest BCUT2D eigenvalue weighted by atomic mass is 10.0. The number of benzene rings is 1. The summed E-state index contributed by atoms with van der Waals surface area (Å²) in [6, 6.07) is 10.1. The highest BCUT2D eigenvalue weighted by atomic mass is 16.5. The molecule has 2 aromatic rings. The average Bonchev–Trinajstić information content (AvgIpc) is 3.31. The highest BCUT2D eigenvalue weighted by Gasteiger charge is 2.24. The predicted octanol–water partition coefficient (Wildman–Crippen LogP) is 3.45. The molecule has 0 bridgehead atoms. The van der Waals surface area contributed by atoms with Crippen molar-refractivity contribution in [2.24, 2.45) is 10.7 Å². The Hall–Kier alpha value is -2.36. The molecule has 22 heavy (non-hydrogen) atoms. The SMILES string of the molecule is C/N=C(\C(C)=C(/C)N)c1ccc2nc(OC3CC3)ccc2c1. The largest absolute Gasteiger partial charge is 0.474 e. The van der Waals surface area contributed by atoms with Gasteiger partial charge in [0.2, 0.25) is 5.88 Å². The summed E-state index contributed by atoms with van der Waals surface area (Å²) >= 11 is 0. The third-order valence-corrected chi connectivity index (χ3v) is 3.92. The number of aliphatic imine (C=N–C) groups is 1. The molecular weight excluding hydrogens is 274 g/mol. The molecule has 114 valence electrons. The molecule has 1 aromatic heterocycles. The van der Waals surface area contributed by atoms with E-state index in [0.717, 1.165) is 46.3 Å². The molecule has 4 nitrogen and oxygen atoms in total. The summed E-state index contributed by atoms with van der Waals surface area (Å²) in [6.07, 6.45) is 2.64. The first-order valence-corrected chi connectivity index (χ1v) is 7.56. The summed E-state index contributed by atoms with van der Waals surface area (Å²) in [5, 5.41) is 1.07. The van der Waals surface area contributed by atoms with Crippen LogP contribution in [0.15, 0.2) is 46.6 Å². The minimum atomic E-state index is 0.364. The minimum Gasteiger partial charge on any atom is -0.474 e. The molecule has 0 unspecified atom stereocenters. The van der Waals surface area contributed by atoms with Gasteiger partial charge < -0.3 is 10.5 Å². The van der Waals surface area contributed by atoms with Gasteiger partial charge in [-0.3, -0.25) is 4.99 Å². The fraction of sp³-hybridized carbons (Fsp3) is 0.333. The van der Waals surface area contributed by atoms with Gasteiger partial charge in [0.25, 0.3) is 0 Å². The van der Waals surface area contributed by atoms with Crippen LogP contribution in [0.4, 0.5) is 0 Å². The van der Waals surface area contributed by atoms with E-state index in [1.807, 2.05) is 38.1 Å². The molecule has 0 saturated heterocycles. The van der Waals surface area contributed by atoms with E-state index in [-0.39, 0.29) is 0 Å². The number of hydrogen-bond acceptors (Lipinski definition) is 4. The molecule has 1 aliphatic carbocycles. The Kier molecular flexibility index (Phi) is 3.84. The number of aromatic nitrogens is 1. The summed E-state index contributed by atoms with van der Waals surface area (Å²) in [5.41, 5.74) is 10.6. The van der Waals surface area contributed by atoms with Crippen molar-refractivity contribution in [3.8, 4) is 5.88 Å². The van der Waals surface area contributed by atoms with Gasteiger partial charge in [-0.2, -0.15) is 0 Å². The molecule has 0 radical (unpaired) electrons. The van der Waals surface area contributed by atoms with Crippen molar-refractivity contribution in [3.63, 3.8) is 0 Å². The van der Waals surface area contributed by atoms with Crippen LogP contribution in [0.25, 0.3) is 10.9 Å². The normalized spacial score (nSPS) is 16.6. The Morgan fingerprint density at radius 1 is 1.23 bits per heavy atom. The molecule has 1 saturated carbocycles. The first-order chi connectivity index (χ1) is 10.6. The van der Waals surface area contributed by atoms with Crippen LogP contribution < -0.4 is 10.5 Å². The molecule has 2 N–H and O–H groups in total. The lowest BCUT2D eigenvalue weighted by Crippen LogP contribution is -2.08. The molecule has 1 aromatic carbocycles. The molecule has 0 amide bonds. The Morgan fingerprint density at radius 3 is 2.64 bits per heavy atom. The zero-order chi connectivity index (χ0) is 15.7. The van der Waals surface area contributed by atoms with Crippen molar-refractivity contribution < 1.29 is 4.74 Å². The fourth-order valence-corrected chi connectivity index (χ4v) is 2.38. The Morgan fingerprint density at radius 2 is 2.00 bits per heavy atom. The minimum absolute atomic E-state index is 0.364. The lowest BCUT2D eigenvalue weighted by molar-refractivity contribution is 0.292. The third-order valence-electron chi connectivity index (χ3n) is 3.92. The summed E-state index contributed by atoms with van der Waals surface area (Å²) in [7, 11) is 1.79. The number of fused-ring (bicyclic) bond motifs is 1. The highest BCUT2D eigenvalue weighted by Crippen LogP contribution is 2.27. The van der Waals surface area contributed by atoms with Crippen molar-refractivity contribution >= 4 is 16.6 Å². The van der Waals surface area contributed by atoms with Crippen molar-refractivity contribution in [1.82, 2.24) is 4.98 Å². The number of nitrogens with two attached hydrogens (primary N) is 1. The number of hydrogen-bond donors (Lipinski definition) is 1. The first kappa shape index (κ1) is 14.6. The van der Waals surface area contributed by atoms with Crippen LogP contribution in [-0.2, 0) is 0 Å². The molecule has 0 atom stereocenters. The van der Waals surface area contributed by atoms with Gasteiger partial charge in [0.1, 0.15) is 6.10 Å². The second kappa shape index (κ2) is 5.79. The van der Waals surface area contributed by atoms with Gasteiger partial charge in [-0.15, -0.1) is 0 Å². The number of ether oxygens (including phenoxy) is 1. The maximum Gasteiger partial charge on any atom is 0.214 e. The van der Waals surface area contributed by atoms with Crippen LogP contribution in [-0.4, -0.2) is 23.8 Å². The zero-order valence-electron chi connectivity index (χ0n) is 13.3. The van der Waals surface area contributed by atoms with E-state index in [1.165, 1.54) is 0 Å². The monoisotopic (exact) mass is 295 g/mol. The highest BCUT2D eigenvalue weighted by molar-refractivity contribution is 6.13. The van der Waals surface area contributed by atoms with Crippen LogP contribution in [0.1, 0.15) is 32.3 Å². The van der Waals surface area contributed by atoms with Crippen molar-refractivity contribution in [3.05, 3.63) is 47.2 Å². The second-order valence-corrected chi connectivity index (χ2v) is 5.75. The number of pyridine rings is 1. The van der Waals surface area contributed by atoms with E-state index >= 15 is 0 Å². The number of nitrogens with zero attached hydrogens (tertiary/aromatic N) is 2. The van der Waals surface area contributed by atoms with Gasteiger partial charge >= 0.3 is 0 Å². The Bertz CT molecular complexity index is 769. The van der Waals surface area contributed by atoms with E-state index in [0.29, 0.717) is 12.0 Å². The number of rotatable bonds is 4. The van der Waals surface area contributed by atoms with Crippen LogP contribution in [0.2, 0.25) is 0 Å². The maximum absolute atomic E-state index is 5.90. The van der Waals surface area contributed by atoms with Crippen molar-refractivity contribution in [1.29, 1.82) is 0 Å². The van der Waals surface area contributed by atoms with Crippen LogP contribution in [0.3, 0.4) is 0 Å². The predicted molar refractivity (Wildman–Crippen MR) is 90.4 cm³/mol. The van der Waals surface area contributed by atoms with Gasteiger partial charge in [0.15, 0.2) is 0 Å². The standard InChI is InChI=1S/C18H21N3O/c1-11(12(2)19)18(20-3)14-4-8-16-13(10-14)5-9-17(21-16)22-15-6-7-15/h4-5,8-10,15H,6-7,19H2,1-3H3/b12-11+,20-18+. The van der Waals surface area contributed by atoms with Crippen molar-refractivity contribution in [2.75, 3.05) is 7.05 Å². The molecule has 0 aliphatic heterocycles. The molecular formula is C18H21N3O. The topological polar surface area (TPSA) is 60.5 Å². The quantitative estimate of drug-likeness (QED) is 0.879. The molecule has 0 spiro atoms. The number of allylic oxidation sites excluding steroid dienone is 2. The van der Waals surface area contributed by atoms with Gasteiger partial charge in [-0.05, 0) is 50.5 Å². The average molecular weight is 295 g/mol. The molecule has 4 heteroatoms. The summed E-state index contributed by atoms with van der Waals surface area (Å²) < 4.78 is 5.74. The lowest BCUT2D eigenvalue weighted by Gasteiger charge is -2.10. The smallest absolute Gasteiger partial charge is 0.214 e. The van der Waals surface area contributed by atoms with Crippen LogP contribution >= 0.6 is 0 Å². The summed E-state index contributed by atoms with van der Waals surface area (Å²) in [6.45, 7) is 3.89. The molecule has 1 aliphatic rings. The molecule has 3 rings (SSSR count). The van der Waals surface area contributed by atoms with Crippen LogP contribution in [0.5, 0.6) is 5.88 Å². The molecule has 1 fully saturated rings. The van der Waals surface area contributed by atoms with E-state index < -0.39 is 0 Å². The summed E-state index contributed by atoms with van der Waals surface area (Å²) in [5.74, 6) is 0.709. The summed E-state index contributed by atoms with van der Waals surface area (Å²) in [4.78, 5) is 8.95. The van der Waals surface area contributed by atoms with Gasteiger partial charge in [0, 0.05) is 29.8 Å².